The molecule has 1 aromatic carbocycles. The molecule has 0 heterocycles. The minimum absolute atomic E-state index is 0. The molecule has 0 N–H and O–H groups in total. The van der Waals surface area contributed by atoms with Gasteiger partial charge in [0.15, 0.2) is 0 Å². The average molecular weight is 294 g/mol. The van der Waals surface area contributed by atoms with Crippen LogP contribution in [0.15, 0.2) is 24.3 Å². The minimum Gasteiger partial charge on any atom is -0.497 e. The molecule has 0 aliphatic carbocycles. The molecule has 0 saturated carbocycles. The second-order valence-electron chi connectivity index (χ2n) is 2.08. The summed E-state index contributed by atoms with van der Waals surface area (Å²) in [6, 6.07) is 7.60. The third-order valence-electron chi connectivity index (χ3n) is 1.35. The van der Waals surface area contributed by atoms with E-state index in [1.165, 1.54) is 0 Å². The van der Waals surface area contributed by atoms with Gasteiger partial charge in [0.1, 0.15) is 10.9 Å². The van der Waals surface area contributed by atoms with E-state index in [0.29, 0.717) is 5.12 Å². The molecule has 0 amide bonds. The van der Waals surface area contributed by atoms with Gasteiger partial charge in [0, 0.05) is 20.4 Å². The molecule has 1 unspecified atom stereocenters. The number of ether oxygens (including phenoxy) is 1. The van der Waals surface area contributed by atoms with Gasteiger partial charge >= 0.3 is 0 Å². The van der Waals surface area contributed by atoms with Crippen molar-refractivity contribution < 1.29 is 25.2 Å². The van der Waals surface area contributed by atoms with Crippen LogP contribution in [0.1, 0.15) is 5.56 Å². The molecular weight excluding hydrogens is 285 g/mol. The zero-order valence-electron chi connectivity index (χ0n) is 6.49. The van der Waals surface area contributed by atoms with E-state index in [2.05, 4.69) is 9.24 Å². The first kappa shape index (κ1) is 12.4. The van der Waals surface area contributed by atoms with Gasteiger partial charge in [-0.3, -0.25) is 0 Å². The predicted molar refractivity (Wildman–Crippen MR) is 50.9 cm³/mol. The quantitative estimate of drug-likeness (QED) is 0.602. The predicted octanol–water partition coefficient (Wildman–Crippen LogP) is 2.64. The van der Waals surface area contributed by atoms with Crippen LogP contribution in [0.2, 0.25) is 0 Å². The molecule has 0 aliphatic rings. The molecule has 1 radical (unpaired) electrons. The van der Waals surface area contributed by atoms with Crippen LogP contribution >= 0.6 is 20.8 Å². The van der Waals surface area contributed by atoms with Gasteiger partial charge in [0.2, 0.25) is 0 Å². The maximum atomic E-state index is 5.76. The van der Waals surface area contributed by atoms with Crippen LogP contribution in [0.3, 0.4) is 0 Å². The van der Waals surface area contributed by atoms with E-state index in [4.69, 9.17) is 16.3 Å². The van der Waals surface area contributed by atoms with Crippen LogP contribution in [-0.2, 0) is 20.4 Å². The smallest absolute Gasteiger partial charge is 0.119 e. The summed E-state index contributed by atoms with van der Waals surface area (Å²) in [5, 5.41) is 0.698. The number of benzene rings is 1. The Kier molecular flexibility index (Phi) is 6.15. The van der Waals surface area contributed by atoms with E-state index < -0.39 is 0 Å². The number of hydrogen-bond acceptors (Lipinski definition) is 1. The van der Waals surface area contributed by atoms with Gasteiger partial charge in [0.05, 0.1) is 7.11 Å². The third-order valence-corrected chi connectivity index (χ3v) is 1.90. The summed E-state index contributed by atoms with van der Waals surface area (Å²) in [6.07, 6.45) is 0. The molecule has 1 rings (SSSR count). The van der Waals surface area contributed by atoms with E-state index in [9.17, 15) is 0 Å². The second-order valence-corrected chi connectivity index (χ2v) is 3.43. The Balaban J connectivity index is 0.00000121. The molecule has 0 saturated heterocycles. The number of rotatable bonds is 2. The van der Waals surface area contributed by atoms with Crippen molar-refractivity contribution in [2.75, 3.05) is 7.11 Å². The Morgan fingerprint density at radius 3 is 2.67 bits per heavy atom. The maximum Gasteiger partial charge on any atom is 0.119 e. The standard InChI is InChI=1S/C8H9ClOP.Pd/c1-10-7-4-2-3-6(5-7)8(9)11;/h2-5H,11H2,1H3;. The van der Waals surface area contributed by atoms with E-state index in [0.717, 1.165) is 11.3 Å². The van der Waals surface area contributed by atoms with Crippen molar-refractivity contribution in [2.24, 2.45) is 0 Å². The van der Waals surface area contributed by atoms with Gasteiger partial charge in [0.25, 0.3) is 0 Å². The Morgan fingerprint density at radius 2 is 2.17 bits per heavy atom. The number of hydrogen-bond donors (Lipinski definition) is 0. The monoisotopic (exact) mass is 293 g/mol. The molecule has 12 heavy (non-hydrogen) atoms. The molecule has 1 aromatic rings. The fraction of sp³-hybridized carbons (Fsp3) is 0.125. The van der Waals surface area contributed by atoms with Gasteiger partial charge in [-0.15, -0.1) is 20.8 Å². The number of halogens is 1. The summed E-state index contributed by atoms with van der Waals surface area (Å²) in [6.45, 7) is 0. The molecule has 1 atom stereocenters. The van der Waals surface area contributed by atoms with Crippen molar-refractivity contribution in [3.63, 3.8) is 0 Å². The molecule has 4 heteroatoms. The fourth-order valence-electron chi connectivity index (χ4n) is 0.772. The van der Waals surface area contributed by atoms with Crippen molar-refractivity contribution in [3.8, 4) is 5.75 Å². The van der Waals surface area contributed by atoms with Crippen LogP contribution < -0.4 is 4.74 Å². The topological polar surface area (TPSA) is 9.23 Å². The van der Waals surface area contributed by atoms with Crippen LogP contribution in [0.25, 0.3) is 0 Å². The Morgan fingerprint density at radius 1 is 1.50 bits per heavy atom. The maximum absolute atomic E-state index is 5.76. The summed E-state index contributed by atoms with van der Waals surface area (Å²) in [7, 11) is 4.08. The molecule has 0 aliphatic heterocycles. The van der Waals surface area contributed by atoms with Crippen molar-refractivity contribution >= 4 is 20.8 Å². The summed E-state index contributed by atoms with van der Waals surface area (Å²) in [5.74, 6) is 0.822. The summed E-state index contributed by atoms with van der Waals surface area (Å²) in [5.41, 5.74) is 0.969. The normalized spacial score (nSPS) is 9.33. The summed E-state index contributed by atoms with van der Waals surface area (Å²) in [4.78, 5) is 0. The molecule has 69 valence electrons. The van der Waals surface area contributed by atoms with Crippen LogP contribution in [-0.4, -0.2) is 7.11 Å². The van der Waals surface area contributed by atoms with Gasteiger partial charge < -0.3 is 4.74 Å². The molecular formula is C8H9ClOPPd. The van der Waals surface area contributed by atoms with Gasteiger partial charge in [-0.25, -0.2) is 0 Å². The minimum atomic E-state index is 0. The second kappa shape index (κ2) is 5.95. The fourth-order valence-corrected chi connectivity index (χ4v) is 1.07. The molecule has 0 fully saturated rings. The first-order valence-electron chi connectivity index (χ1n) is 3.16. The van der Waals surface area contributed by atoms with Crippen LogP contribution in [0.4, 0.5) is 0 Å². The molecule has 0 aromatic heterocycles. The average Bonchev–Trinajstić information content (AvgIpc) is 2.05. The first-order valence-corrected chi connectivity index (χ1v) is 4.12. The van der Waals surface area contributed by atoms with Crippen LogP contribution in [0, 0.1) is 5.12 Å². The Hall–Kier alpha value is 0.402. The van der Waals surface area contributed by atoms with Crippen molar-refractivity contribution in [1.29, 1.82) is 0 Å². The van der Waals surface area contributed by atoms with E-state index in [1.807, 2.05) is 24.3 Å². The van der Waals surface area contributed by atoms with Gasteiger partial charge in [-0.2, -0.15) is 0 Å². The van der Waals surface area contributed by atoms with Crippen molar-refractivity contribution in [2.45, 2.75) is 0 Å². The largest absolute Gasteiger partial charge is 0.497 e. The van der Waals surface area contributed by atoms with E-state index in [-0.39, 0.29) is 20.4 Å². The van der Waals surface area contributed by atoms with Gasteiger partial charge in [-0.05, 0) is 17.7 Å². The SMILES string of the molecule is COc1cccc([C](P)Cl)c1.[Pd]. The van der Waals surface area contributed by atoms with Crippen molar-refractivity contribution in [3.05, 3.63) is 34.9 Å². The Bertz CT molecular complexity index is 242. The summed E-state index contributed by atoms with van der Waals surface area (Å²) >= 11 is 5.76. The zero-order chi connectivity index (χ0) is 8.27. The zero-order valence-corrected chi connectivity index (χ0v) is 9.95. The third kappa shape index (κ3) is 3.42. The summed E-state index contributed by atoms with van der Waals surface area (Å²) < 4.78 is 5.02. The van der Waals surface area contributed by atoms with E-state index >= 15 is 0 Å². The van der Waals surface area contributed by atoms with Gasteiger partial charge in [-0.1, -0.05) is 12.1 Å². The first-order chi connectivity index (χ1) is 5.24. The van der Waals surface area contributed by atoms with Crippen LogP contribution in [0.5, 0.6) is 5.75 Å². The molecule has 1 nitrogen and oxygen atoms in total. The van der Waals surface area contributed by atoms with Crippen molar-refractivity contribution in [1.82, 2.24) is 0 Å². The molecule has 0 spiro atoms. The molecule has 0 bridgehead atoms. The van der Waals surface area contributed by atoms with E-state index in [1.54, 1.807) is 7.11 Å². The number of methoxy groups -OCH3 is 1. The Labute approximate surface area is 93.7 Å².